The summed E-state index contributed by atoms with van der Waals surface area (Å²) in [6.07, 6.45) is 0. The van der Waals surface area contributed by atoms with Crippen molar-refractivity contribution in [2.24, 2.45) is 0 Å². The Morgan fingerprint density at radius 1 is 1.30 bits per heavy atom. The molecule has 27 heavy (non-hydrogen) atoms. The van der Waals surface area contributed by atoms with Gasteiger partial charge in [-0.3, -0.25) is 14.6 Å². The van der Waals surface area contributed by atoms with Crippen LogP contribution >= 0.6 is 46.3 Å². The number of hydrogen-bond donors (Lipinski definition) is 2. The Hall–Kier alpha value is -1.94. The molecule has 0 aliphatic rings. The number of carbonyl (C=O) groups excluding carboxylic acids is 1. The van der Waals surface area contributed by atoms with Crippen molar-refractivity contribution in [3.8, 4) is 11.3 Å². The number of carbonyl (C=O) groups is 1. The fourth-order valence-corrected chi connectivity index (χ4v) is 4.18. The van der Waals surface area contributed by atoms with Gasteiger partial charge in [0.2, 0.25) is 5.91 Å². The van der Waals surface area contributed by atoms with Gasteiger partial charge < -0.3 is 5.32 Å². The van der Waals surface area contributed by atoms with Crippen molar-refractivity contribution in [1.82, 2.24) is 20.5 Å². The molecule has 0 spiro atoms. The summed E-state index contributed by atoms with van der Waals surface area (Å²) in [5, 5.41) is 10.5. The number of rotatable bonds is 6. The molecule has 140 valence electrons. The first kappa shape index (κ1) is 19.8. The molecule has 1 amide bonds. The zero-order valence-electron chi connectivity index (χ0n) is 13.5. The van der Waals surface area contributed by atoms with Crippen LogP contribution in [0.3, 0.4) is 0 Å². The third-order valence-electron chi connectivity index (χ3n) is 3.36. The molecule has 0 fully saturated rings. The van der Waals surface area contributed by atoms with Crippen LogP contribution in [0.2, 0.25) is 8.67 Å². The molecule has 0 atom stereocenters. The van der Waals surface area contributed by atoms with Gasteiger partial charge in [0.05, 0.1) is 10.1 Å². The minimum Gasteiger partial charge on any atom is -0.351 e. The second kappa shape index (κ2) is 8.83. The fourth-order valence-electron chi connectivity index (χ4n) is 2.09. The molecular weight excluding hydrogens is 434 g/mol. The standard InChI is InChI=1S/C16H11Cl2FN4O2S2/c17-11-5-9(14(18)27-11)13-15(25)21-16(23-22-13)26-7-12(24)20-6-8-3-1-2-4-10(8)19/h1-5H,6-7H2,(H,20,24)(H,21,23,25). The lowest BCUT2D eigenvalue weighted by molar-refractivity contribution is -0.118. The highest BCUT2D eigenvalue weighted by Gasteiger charge is 2.15. The van der Waals surface area contributed by atoms with Crippen LogP contribution < -0.4 is 10.9 Å². The van der Waals surface area contributed by atoms with Crippen LogP contribution in [0.1, 0.15) is 5.56 Å². The Kier molecular flexibility index (Phi) is 6.48. The van der Waals surface area contributed by atoms with Crippen molar-refractivity contribution in [2.75, 3.05) is 5.75 Å². The highest BCUT2D eigenvalue weighted by atomic mass is 35.5. The molecule has 0 aliphatic carbocycles. The van der Waals surface area contributed by atoms with E-state index in [1.165, 1.54) is 12.1 Å². The Bertz CT molecular complexity index is 1040. The first-order valence-electron chi connectivity index (χ1n) is 7.49. The van der Waals surface area contributed by atoms with E-state index in [4.69, 9.17) is 23.2 Å². The Morgan fingerprint density at radius 2 is 2.07 bits per heavy atom. The largest absolute Gasteiger partial charge is 0.351 e. The molecule has 0 radical (unpaired) electrons. The molecule has 0 bridgehead atoms. The molecule has 0 saturated carbocycles. The van der Waals surface area contributed by atoms with Crippen LogP contribution in [0.4, 0.5) is 4.39 Å². The van der Waals surface area contributed by atoms with Gasteiger partial charge in [0, 0.05) is 17.7 Å². The van der Waals surface area contributed by atoms with Gasteiger partial charge in [0.1, 0.15) is 10.2 Å². The van der Waals surface area contributed by atoms with E-state index in [-0.39, 0.29) is 34.9 Å². The maximum absolute atomic E-state index is 13.5. The molecule has 0 unspecified atom stereocenters. The summed E-state index contributed by atoms with van der Waals surface area (Å²) in [6, 6.07) is 7.72. The number of H-pyrrole nitrogens is 1. The van der Waals surface area contributed by atoms with E-state index >= 15 is 0 Å². The highest BCUT2D eigenvalue weighted by molar-refractivity contribution is 7.99. The average molecular weight is 445 g/mol. The average Bonchev–Trinajstić information content (AvgIpc) is 2.97. The summed E-state index contributed by atoms with van der Waals surface area (Å²) in [7, 11) is 0. The van der Waals surface area contributed by atoms with Crippen LogP contribution in [0.15, 0.2) is 40.3 Å². The Balaban J connectivity index is 1.59. The van der Waals surface area contributed by atoms with Gasteiger partial charge in [-0.05, 0) is 12.1 Å². The maximum Gasteiger partial charge on any atom is 0.278 e. The number of nitrogens with one attached hydrogen (secondary N) is 2. The fraction of sp³-hybridized carbons (Fsp3) is 0.125. The van der Waals surface area contributed by atoms with Crippen molar-refractivity contribution < 1.29 is 9.18 Å². The molecule has 0 aliphatic heterocycles. The minimum atomic E-state index is -0.490. The highest BCUT2D eigenvalue weighted by Crippen LogP contribution is 2.35. The second-order valence-electron chi connectivity index (χ2n) is 5.20. The van der Waals surface area contributed by atoms with Crippen LogP contribution in [-0.2, 0) is 11.3 Å². The molecule has 2 aromatic heterocycles. The summed E-state index contributed by atoms with van der Waals surface area (Å²) in [6.45, 7) is 0.0740. The van der Waals surface area contributed by atoms with Crippen LogP contribution in [0, 0.1) is 5.82 Å². The first-order chi connectivity index (χ1) is 12.9. The topological polar surface area (TPSA) is 87.7 Å². The number of thioether (sulfide) groups is 1. The van der Waals surface area contributed by atoms with Gasteiger partial charge in [-0.15, -0.1) is 21.5 Å². The summed E-state index contributed by atoms with van der Waals surface area (Å²) in [5.74, 6) is -0.727. The Labute approximate surface area is 171 Å². The lowest BCUT2D eigenvalue weighted by Gasteiger charge is -2.06. The van der Waals surface area contributed by atoms with E-state index in [1.54, 1.807) is 18.2 Å². The normalized spacial score (nSPS) is 10.8. The summed E-state index contributed by atoms with van der Waals surface area (Å²) >= 11 is 14.0. The summed E-state index contributed by atoms with van der Waals surface area (Å²) in [5.41, 5.74) is 0.353. The van der Waals surface area contributed by atoms with Crippen molar-refractivity contribution in [1.29, 1.82) is 0 Å². The zero-order valence-corrected chi connectivity index (χ0v) is 16.6. The van der Waals surface area contributed by atoms with Gasteiger partial charge >= 0.3 is 0 Å². The molecule has 1 aromatic carbocycles. The molecule has 2 heterocycles. The van der Waals surface area contributed by atoms with Gasteiger partial charge in [0.15, 0.2) is 10.9 Å². The Morgan fingerprint density at radius 3 is 2.74 bits per heavy atom. The molecule has 11 heteroatoms. The van der Waals surface area contributed by atoms with Crippen molar-refractivity contribution in [3.05, 3.63) is 60.7 Å². The second-order valence-corrected chi connectivity index (χ2v) is 8.45. The molecule has 0 saturated heterocycles. The third kappa shape index (κ3) is 5.07. The van der Waals surface area contributed by atoms with Crippen molar-refractivity contribution in [3.63, 3.8) is 0 Å². The van der Waals surface area contributed by atoms with Gasteiger partial charge in [0.25, 0.3) is 5.56 Å². The minimum absolute atomic E-state index is 0.0105. The number of amides is 1. The van der Waals surface area contributed by atoms with E-state index < -0.39 is 5.56 Å². The quantitative estimate of drug-likeness (QED) is 0.565. The number of hydrogen-bond acceptors (Lipinski definition) is 6. The molecule has 2 N–H and O–H groups in total. The van der Waals surface area contributed by atoms with Crippen LogP contribution in [-0.4, -0.2) is 26.8 Å². The third-order valence-corrected chi connectivity index (χ3v) is 5.71. The van der Waals surface area contributed by atoms with Gasteiger partial charge in [-0.1, -0.05) is 53.2 Å². The predicted molar refractivity (Wildman–Crippen MR) is 105 cm³/mol. The lowest BCUT2D eigenvalue weighted by atomic mass is 10.2. The summed E-state index contributed by atoms with van der Waals surface area (Å²) < 4.78 is 14.3. The monoisotopic (exact) mass is 444 g/mol. The number of thiophene rings is 1. The number of aromatic nitrogens is 3. The predicted octanol–water partition coefficient (Wildman–Crippen LogP) is 3.75. The maximum atomic E-state index is 13.5. The van der Waals surface area contributed by atoms with Crippen LogP contribution in [0.5, 0.6) is 0 Å². The van der Waals surface area contributed by atoms with E-state index in [1.807, 2.05) is 0 Å². The molecule has 3 aromatic rings. The van der Waals surface area contributed by atoms with Gasteiger partial charge in [-0.25, -0.2) is 4.39 Å². The number of halogens is 3. The first-order valence-corrected chi connectivity index (χ1v) is 10.0. The van der Waals surface area contributed by atoms with Gasteiger partial charge in [-0.2, -0.15) is 0 Å². The van der Waals surface area contributed by atoms with Crippen molar-refractivity contribution in [2.45, 2.75) is 11.7 Å². The van der Waals surface area contributed by atoms with Crippen molar-refractivity contribution >= 4 is 52.2 Å². The van der Waals surface area contributed by atoms with Crippen LogP contribution in [0.25, 0.3) is 11.3 Å². The van der Waals surface area contributed by atoms with E-state index in [0.29, 0.717) is 19.8 Å². The van der Waals surface area contributed by atoms with E-state index in [0.717, 1.165) is 23.1 Å². The number of nitrogens with zero attached hydrogens (tertiary/aromatic N) is 2. The SMILES string of the molecule is O=C(CSc1nnc(-c2cc(Cl)sc2Cl)c(=O)[nH]1)NCc1ccccc1F. The molecule has 6 nitrogen and oxygen atoms in total. The number of benzene rings is 1. The zero-order chi connectivity index (χ0) is 19.4. The molecular formula is C16H11Cl2FN4O2S2. The van der Waals surface area contributed by atoms with E-state index in [9.17, 15) is 14.0 Å². The summed E-state index contributed by atoms with van der Waals surface area (Å²) in [4.78, 5) is 26.6. The molecule has 3 rings (SSSR count). The number of aromatic amines is 1. The van der Waals surface area contributed by atoms with E-state index in [2.05, 4.69) is 20.5 Å². The lowest BCUT2D eigenvalue weighted by Crippen LogP contribution is -2.25. The smallest absolute Gasteiger partial charge is 0.278 e.